The number of carbonyl (C=O) groups excluding carboxylic acids is 2. The van der Waals surface area contributed by atoms with Gasteiger partial charge >= 0.3 is 0 Å². The van der Waals surface area contributed by atoms with E-state index in [2.05, 4.69) is 6.92 Å². The average Bonchev–Trinajstić information content (AvgIpc) is 3.48. The lowest BCUT2D eigenvalue weighted by molar-refractivity contribution is -0.141. The molecule has 0 bridgehead atoms. The van der Waals surface area contributed by atoms with E-state index >= 15 is 0 Å². The van der Waals surface area contributed by atoms with Crippen LogP contribution in [0.4, 0.5) is 0 Å². The third-order valence-electron chi connectivity index (χ3n) is 6.78. The number of ketones is 1. The van der Waals surface area contributed by atoms with Crippen molar-refractivity contribution in [2.24, 2.45) is 0 Å². The van der Waals surface area contributed by atoms with E-state index in [1.807, 2.05) is 24.3 Å². The molecule has 1 aliphatic carbocycles. The molecular formula is C28H33NO5. The van der Waals surface area contributed by atoms with Crippen LogP contribution >= 0.6 is 0 Å². The van der Waals surface area contributed by atoms with Gasteiger partial charge in [0.05, 0.1) is 25.3 Å². The number of Topliss-reactive ketones (excluding diaryl/α,β-unsaturated/α-hetero) is 1. The molecule has 1 unspecified atom stereocenters. The maximum Gasteiger partial charge on any atom is 0.295 e. The summed E-state index contributed by atoms with van der Waals surface area (Å²) in [5.74, 6) is -0.0906. The summed E-state index contributed by atoms with van der Waals surface area (Å²) in [6, 6.07) is 13.7. The van der Waals surface area contributed by atoms with E-state index in [1.165, 1.54) is 0 Å². The van der Waals surface area contributed by atoms with Crippen molar-refractivity contribution >= 4 is 17.4 Å². The quantitative estimate of drug-likeness (QED) is 0.226. The summed E-state index contributed by atoms with van der Waals surface area (Å²) in [4.78, 5) is 28.2. The highest BCUT2D eigenvalue weighted by molar-refractivity contribution is 6.46. The largest absolute Gasteiger partial charge is 0.507 e. The molecule has 0 spiro atoms. The zero-order valence-corrected chi connectivity index (χ0v) is 20.0. The van der Waals surface area contributed by atoms with Crippen LogP contribution in [0, 0.1) is 0 Å². The summed E-state index contributed by atoms with van der Waals surface area (Å²) in [6.07, 6.45) is 6.97. The molecular weight excluding hydrogens is 430 g/mol. The summed E-state index contributed by atoms with van der Waals surface area (Å²) < 4.78 is 11.3. The number of carbonyl (C=O) groups is 2. The minimum atomic E-state index is -0.691. The van der Waals surface area contributed by atoms with Crippen LogP contribution in [-0.4, -0.2) is 41.5 Å². The first-order valence-corrected chi connectivity index (χ1v) is 12.2. The van der Waals surface area contributed by atoms with Gasteiger partial charge in [-0.15, -0.1) is 0 Å². The summed E-state index contributed by atoms with van der Waals surface area (Å²) in [5.41, 5.74) is 1.29. The average molecular weight is 464 g/mol. The molecule has 2 aromatic carbocycles. The number of aliphatic hydroxyl groups excluding tert-OH is 1. The number of aliphatic hydroxyl groups is 1. The number of unbranched alkanes of at least 4 members (excludes halogenated alkanes) is 2. The second-order valence-electron chi connectivity index (χ2n) is 8.97. The molecule has 1 saturated heterocycles. The van der Waals surface area contributed by atoms with Gasteiger partial charge in [-0.3, -0.25) is 9.59 Å². The minimum absolute atomic E-state index is 0.0319. The second-order valence-corrected chi connectivity index (χ2v) is 8.97. The van der Waals surface area contributed by atoms with E-state index in [0.717, 1.165) is 44.9 Å². The van der Waals surface area contributed by atoms with Crippen LogP contribution in [0.3, 0.4) is 0 Å². The maximum atomic E-state index is 13.3. The Morgan fingerprint density at radius 2 is 1.74 bits per heavy atom. The van der Waals surface area contributed by atoms with Gasteiger partial charge in [-0.05, 0) is 49.6 Å². The Hall–Kier alpha value is -3.28. The first kappa shape index (κ1) is 23.9. The van der Waals surface area contributed by atoms with Gasteiger partial charge in [-0.2, -0.15) is 0 Å². The lowest BCUT2D eigenvalue weighted by Crippen LogP contribution is -2.37. The molecule has 0 aromatic heterocycles. The van der Waals surface area contributed by atoms with Crippen LogP contribution in [0.1, 0.15) is 69.0 Å². The fraction of sp³-hybridized carbons (Fsp3) is 0.429. The normalized spacial score (nSPS) is 20.2. The highest BCUT2D eigenvalue weighted by Gasteiger charge is 2.50. The molecule has 1 amide bonds. The van der Waals surface area contributed by atoms with Gasteiger partial charge in [-0.1, -0.05) is 50.8 Å². The van der Waals surface area contributed by atoms with Gasteiger partial charge < -0.3 is 19.5 Å². The van der Waals surface area contributed by atoms with Crippen LogP contribution in [0.2, 0.25) is 0 Å². The summed E-state index contributed by atoms with van der Waals surface area (Å²) in [6.45, 7) is 2.78. The third-order valence-corrected chi connectivity index (χ3v) is 6.78. The van der Waals surface area contributed by atoms with Crippen molar-refractivity contribution in [3.8, 4) is 11.5 Å². The van der Waals surface area contributed by atoms with Gasteiger partial charge in [0.1, 0.15) is 17.3 Å². The van der Waals surface area contributed by atoms with Crippen LogP contribution < -0.4 is 9.47 Å². The molecule has 180 valence electrons. The number of methoxy groups -OCH3 is 1. The number of hydrogen-bond donors (Lipinski definition) is 1. The summed E-state index contributed by atoms with van der Waals surface area (Å²) in [5, 5.41) is 11.3. The minimum Gasteiger partial charge on any atom is -0.507 e. The maximum absolute atomic E-state index is 13.3. The van der Waals surface area contributed by atoms with Gasteiger partial charge in [0.25, 0.3) is 11.7 Å². The van der Waals surface area contributed by atoms with Gasteiger partial charge in [0.15, 0.2) is 0 Å². The molecule has 1 heterocycles. The predicted octanol–water partition coefficient (Wildman–Crippen LogP) is 5.63. The zero-order chi connectivity index (χ0) is 24.1. The van der Waals surface area contributed by atoms with Crippen LogP contribution in [0.25, 0.3) is 5.76 Å². The molecule has 1 N–H and O–H groups in total. The fourth-order valence-corrected chi connectivity index (χ4v) is 5.01. The molecule has 2 aromatic rings. The molecule has 1 atom stereocenters. The molecule has 6 nitrogen and oxygen atoms in total. The van der Waals surface area contributed by atoms with Crippen molar-refractivity contribution in [3.05, 3.63) is 65.2 Å². The smallest absolute Gasteiger partial charge is 0.295 e. The van der Waals surface area contributed by atoms with E-state index in [1.54, 1.807) is 36.3 Å². The molecule has 2 fully saturated rings. The Balaban J connectivity index is 1.73. The standard InChI is InChI=1S/C28H33NO5/c1-3-4-9-18-34-21-16-14-19(15-17-21)26(30)24-25(22-12-7-8-13-23(22)33-2)29(28(32)27(24)31)20-10-5-6-11-20/h7-8,12-17,20,25,30H,3-6,9-11,18H2,1-2H3/b26-24-. The SMILES string of the molecule is CCCCCOc1ccc(/C(O)=C2/C(=O)C(=O)N(C3CCCC3)C2c2ccccc2OC)cc1. The van der Waals surface area contributed by atoms with Crippen molar-refractivity contribution in [3.63, 3.8) is 0 Å². The van der Waals surface area contributed by atoms with Crippen molar-refractivity contribution < 1.29 is 24.2 Å². The highest BCUT2D eigenvalue weighted by Crippen LogP contribution is 2.45. The Kier molecular flexibility index (Phi) is 7.56. The predicted molar refractivity (Wildman–Crippen MR) is 131 cm³/mol. The van der Waals surface area contributed by atoms with E-state index in [9.17, 15) is 14.7 Å². The third kappa shape index (κ3) is 4.67. The number of para-hydroxylation sites is 1. The number of hydrogen-bond acceptors (Lipinski definition) is 5. The van der Waals surface area contributed by atoms with Gasteiger partial charge in [0.2, 0.25) is 0 Å². The van der Waals surface area contributed by atoms with E-state index < -0.39 is 17.7 Å². The van der Waals surface area contributed by atoms with Crippen molar-refractivity contribution in [2.45, 2.75) is 64.0 Å². The van der Waals surface area contributed by atoms with Crippen LogP contribution in [-0.2, 0) is 9.59 Å². The first-order chi connectivity index (χ1) is 16.6. The number of ether oxygens (including phenoxy) is 2. The zero-order valence-electron chi connectivity index (χ0n) is 20.0. The van der Waals surface area contributed by atoms with Crippen LogP contribution in [0.5, 0.6) is 11.5 Å². The van der Waals surface area contributed by atoms with E-state index in [0.29, 0.717) is 29.2 Å². The number of benzene rings is 2. The lowest BCUT2D eigenvalue weighted by atomic mass is 9.94. The number of likely N-dealkylation sites (tertiary alicyclic amines) is 1. The highest BCUT2D eigenvalue weighted by atomic mass is 16.5. The molecule has 1 saturated carbocycles. The molecule has 1 aliphatic heterocycles. The first-order valence-electron chi connectivity index (χ1n) is 12.2. The van der Waals surface area contributed by atoms with Gasteiger partial charge in [-0.25, -0.2) is 0 Å². The van der Waals surface area contributed by atoms with Crippen LogP contribution in [0.15, 0.2) is 54.1 Å². The Morgan fingerprint density at radius 1 is 1.03 bits per heavy atom. The fourth-order valence-electron chi connectivity index (χ4n) is 5.01. The van der Waals surface area contributed by atoms with Crippen molar-refractivity contribution in [2.75, 3.05) is 13.7 Å². The monoisotopic (exact) mass is 463 g/mol. The Labute approximate surface area is 201 Å². The number of amides is 1. The molecule has 0 radical (unpaired) electrons. The Bertz CT molecular complexity index is 1050. The van der Waals surface area contributed by atoms with Crippen molar-refractivity contribution in [1.82, 2.24) is 4.90 Å². The second kappa shape index (κ2) is 10.8. The molecule has 34 heavy (non-hydrogen) atoms. The molecule has 4 rings (SSSR count). The van der Waals surface area contributed by atoms with E-state index in [4.69, 9.17) is 9.47 Å². The molecule has 2 aliphatic rings. The topological polar surface area (TPSA) is 76.1 Å². The van der Waals surface area contributed by atoms with E-state index in [-0.39, 0.29) is 17.4 Å². The molecule has 6 heteroatoms. The summed E-state index contributed by atoms with van der Waals surface area (Å²) >= 11 is 0. The lowest BCUT2D eigenvalue weighted by Gasteiger charge is -2.31. The number of nitrogens with zero attached hydrogens (tertiary/aromatic N) is 1. The van der Waals surface area contributed by atoms with Gasteiger partial charge in [0, 0.05) is 17.2 Å². The Morgan fingerprint density at radius 3 is 2.41 bits per heavy atom. The van der Waals surface area contributed by atoms with Crippen molar-refractivity contribution in [1.29, 1.82) is 0 Å². The number of rotatable bonds is 9. The summed E-state index contributed by atoms with van der Waals surface area (Å²) in [7, 11) is 1.57.